The normalized spacial score (nSPS) is 11.3. The molecule has 0 radical (unpaired) electrons. The molecule has 1 aromatic heterocycles. The highest BCUT2D eigenvalue weighted by Crippen LogP contribution is 2.24. The molecular weight excluding hydrogens is 298 g/mol. The minimum Gasteiger partial charge on any atom is -0.385 e. The maximum Gasteiger partial charge on any atom is 0.312 e. The molecule has 0 spiro atoms. The van der Waals surface area contributed by atoms with Crippen molar-refractivity contribution in [3.05, 3.63) is 27.4 Å². The number of methoxy groups -OCH3 is 1. The maximum atomic E-state index is 11.7. The summed E-state index contributed by atoms with van der Waals surface area (Å²) >= 11 is 5.59. The highest BCUT2D eigenvalue weighted by molar-refractivity contribution is 7.92. The number of nitrogens with zero attached hydrogens (tertiary/aromatic N) is 2. The van der Waals surface area contributed by atoms with E-state index in [2.05, 4.69) is 4.98 Å². The van der Waals surface area contributed by atoms with Crippen LogP contribution in [0.25, 0.3) is 0 Å². The van der Waals surface area contributed by atoms with Crippen LogP contribution in [0.2, 0.25) is 5.15 Å². The molecule has 0 atom stereocenters. The van der Waals surface area contributed by atoms with E-state index >= 15 is 0 Å². The highest BCUT2D eigenvalue weighted by Gasteiger charge is 2.20. The van der Waals surface area contributed by atoms with E-state index < -0.39 is 26.5 Å². The lowest BCUT2D eigenvalue weighted by Crippen LogP contribution is -2.19. The number of rotatable bonds is 7. The zero-order chi connectivity index (χ0) is 14.5. The Morgan fingerprint density at radius 2 is 2.21 bits per heavy atom. The van der Waals surface area contributed by atoms with Crippen molar-refractivity contribution in [1.82, 2.24) is 4.98 Å². The molecule has 0 aliphatic heterocycles. The first kappa shape index (κ1) is 15.6. The fourth-order valence-corrected chi connectivity index (χ4v) is 2.43. The molecule has 1 rings (SSSR count). The third-order valence-corrected chi connectivity index (χ3v) is 3.59. The van der Waals surface area contributed by atoms with Gasteiger partial charge >= 0.3 is 5.69 Å². The van der Waals surface area contributed by atoms with Gasteiger partial charge in [0.2, 0.25) is 15.8 Å². The molecule has 0 fully saturated rings. The van der Waals surface area contributed by atoms with Crippen molar-refractivity contribution in [2.75, 3.05) is 24.2 Å². The zero-order valence-corrected chi connectivity index (χ0v) is 11.6. The van der Waals surface area contributed by atoms with Crippen molar-refractivity contribution in [3.8, 4) is 0 Å². The van der Waals surface area contributed by atoms with Crippen molar-refractivity contribution >= 4 is 33.1 Å². The van der Waals surface area contributed by atoms with Crippen LogP contribution in [0.1, 0.15) is 6.42 Å². The van der Waals surface area contributed by atoms with Crippen molar-refractivity contribution < 1.29 is 18.1 Å². The van der Waals surface area contributed by atoms with Gasteiger partial charge in [-0.05, 0) is 12.5 Å². The number of aromatic nitrogens is 1. The topological polar surface area (TPSA) is 111 Å². The molecule has 0 amide bonds. The standard InChI is InChI=1S/C9H12ClN3O5S/c1-18-5-2-6-19(16,17)12-9-7(13(14)15)3-4-8(10)11-9/h3-4H,2,5-6H2,1H3,(H,11,12). The molecule has 1 aromatic rings. The van der Waals surface area contributed by atoms with Crippen LogP contribution < -0.4 is 4.72 Å². The molecule has 0 saturated heterocycles. The molecule has 0 aliphatic carbocycles. The van der Waals surface area contributed by atoms with E-state index in [1.807, 2.05) is 4.72 Å². The largest absolute Gasteiger partial charge is 0.385 e. The number of nitrogens with one attached hydrogen (secondary N) is 1. The van der Waals surface area contributed by atoms with Gasteiger partial charge in [0.05, 0.1) is 10.7 Å². The first-order valence-electron chi connectivity index (χ1n) is 5.16. The fourth-order valence-electron chi connectivity index (χ4n) is 1.24. The summed E-state index contributed by atoms with van der Waals surface area (Å²) in [6.07, 6.45) is 0.264. The van der Waals surface area contributed by atoms with E-state index in [1.54, 1.807) is 0 Å². The van der Waals surface area contributed by atoms with Crippen LogP contribution in [0, 0.1) is 10.1 Å². The summed E-state index contributed by atoms with van der Waals surface area (Å²) in [6, 6.07) is 2.30. The Labute approximate surface area is 114 Å². The van der Waals surface area contributed by atoms with E-state index in [0.717, 1.165) is 6.07 Å². The van der Waals surface area contributed by atoms with Gasteiger partial charge in [-0.25, -0.2) is 13.4 Å². The first-order valence-corrected chi connectivity index (χ1v) is 7.19. The summed E-state index contributed by atoms with van der Waals surface area (Å²) in [6.45, 7) is 0.270. The molecule has 0 unspecified atom stereocenters. The average molecular weight is 310 g/mol. The SMILES string of the molecule is COCCCS(=O)(=O)Nc1nc(Cl)ccc1[N+](=O)[O-]. The fraction of sp³-hybridized carbons (Fsp3) is 0.444. The molecule has 19 heavy (non-hydrogen) atoms. The van der Waals surface area contributed by atoms with Crippen LogP contribution >= 0.6 is 11.6 Å². The Morgan fingerprint density at radius 1 is 1.53 bits per heavy atom. The Morgan fingerprint density at radius 3 is 2.79 bits per heavy atom. The van der Waals surface area contributed by atoms with Crippen molar-refractivity contribution in [1.29, 1.82) is 0 Å². The number of anilines is 1. The zero-order valence-electron chi connectivity index (χ0n) is 10.00. The molecule has 10 heteroatoms. The molecule has 0 aromatic carbocycles. The van der Waals surface area contributed by atoms with Crippen LogP contribution in [-0.2, 0) is 14.8 Å². The number of hydrogen-bond donors (Lipinski definition) is 1. The number of sulfonamides is 1. The Hall–Kier alpha value is -1.45. The second-order valence-electron chi connectivity index (χ2n) is 3.53. The Bertz CT molecular complexity index is 563. The lowest BCUT2D eigenvalue weighted by atomic mass is 10.4. The van der Waals surface area contributed by atoms with Crippen LogP contribution in [0.15, 0.2) is 12.1 Å². The third-order valence-electron chi connectivity index (χ3n) is 2.05. The van der Waals surface area contributed by atoms with Gasteiger partial charge in [0.25, 0.3) is 0 Å². The van der Waals surface area contributed by atoms with Crippen LogP contribution in [0.5, 0.6) is 0 Å². The predicted molar refractivity (Wildman–Crippen MR) is 69.8 cm³/mol. The smallest absolute Gasteiger partial charge is 0.312 e. The van der Waals surface area contributed by atoms with Gasteiger partial charge in [-0.3, -0.25) is 14.8 Å². The van der Waals surface area contributed by atoms with E-state index in [-0.39, 0.29) is 23.9 Å². The molecule has 1 heterocycles. The van der Waals surface area contributed by atoms with Gasteiger partial charge in [-0.2, -0.15) is 0 Å². The summed E-state index contributed by atoms with van der Waals surface area (Å²) in [5.74, 6) is -0.624. The summed E-state index contributed by atoms with van der Waals surface area (Å²) < 4.78 is 30.2. The predicted octanol–water partition coefficient (Wildman–Crippen LogP) is 1.42. The minimum absolute atomic E-state index is 0.0415. The van der Waals surface area contributed by atoms with Gasteiger partial charge in [0.1, 0.15) is 5.15 Å². The number of ether oxygens (including phenoxy) is 1. The van der Waals surface area contributed by atoms with Crippen molar-refractivity contribution in [2.45, 2.75) is 6.42 Å². The Kier molecular flexibility index (Phi) is 5.45. The number of nitro groups is 1. The molecule has 0 saturated carbocycles. The number of hydrogen-bond acceptors (Lipinski definition) is 6. The lowest BCUT2D eigenvalue weighted by molar-refractivity contribution is -0.384. The second-order valence-corrected chi connectivity index (χ2v) is 5.76. The summed E-state index contributed by atoms with van der Waals surface area (Å²) in [4.78, 5) is 13.6. The van der Waals surface area contributed by atoms with Crippen LogP contribution in [-0.4, -0.2) is 37.8 Å². The van der Waals surface area contributed by atoms with Crippen molar-refractivity contribution in [3.63, 3.8) is 0 Å². The van der Waals surface area contributed by atoms with Gasteiger partial charge in [-0.1, -0.05) is 11.6 Å². The molecule has 0 bridgehead atoms. The van der Waals surface area contributed by atoms with Gasteiger partial charge in [-0.15, -0.1) is 0 Å². The third kappa shape index (κ3) is 4.97. The minimum atomic E-state index is -3.74. The summed E-state index contributed by atoms with van der Waals surface area (Å²) in [5, 5.41) is 10.7. The van der Waals surface area contributed by atoms with E-state index in [4.69, 9.17) is 16.3 Å². The van der Waals surface area contributed by atoms with Crippen LogP contribution in [0.4, 0.5) is 11.5 Å². The van der Waals surface area contributed by atoms with Gasteiger partial charge < -0.3 is 4.74 Å². The number of halogens is 1. The molecule has 106 valence electrons. The molecular formula is C9H12ClN3O5S. The maximum absolute atomic E-state index is 11.7. The number of pyridine rings is 1. The summed E-state index contributed by atoms with van der Waals surface area (Å²) in [5.41, 5.74) is -0.459. The first-order chi connectivity index (χ1) is 8.85. The Balaban J connectivity index is 2.92. The average Bonchev–Trinajstić information content (AvgIpc) is 2.28. The van der Waals surface area contributed by atoms with E-state index in [9.17, 15) is 18.5 Å². The molecule has 1 N–H and O–H groups in total. The van der Waals surface area contributed by atoms with E-state index in [1.165, 1.54) is 13.2 Å². The lowest BCUT2D eigenvalue weighted by Gasteiger charge is -2.07. The second kappa shape index (κ2) is 6.64. The van der Waals surface area contributed by atoms with Gasteiger partial charge in [0, 0.05) is 19.8 Å². The van der Waals surface area contributed by atoms with Crippen LogP contribution in [0.3, 0.4) is 0 Å². The van der Waals surface area contributed by atoms with Crippen molar-refractivity contribution in [2.24, 2.45) is 0 Å². The summed E-state index contributed by atoms with van der Waals surface area (Å²) in [7, 11) is -2.29. The highest BCUT2D eigenvalue weighted by atomic mass is 35.5. The quantitative estimate of drug-likeness (QED) is 0.353. The monoisotopic (exact) mass is 309 g/mol. The van der Waals surface area contributed by atoms with Gasteiger partial charge in [0.15, 0.2) is 0 Å². The molecule has 0 aliphatic rings. The molecule has 8 nitrogen and oxygen atoms in total. The van der Waals surface area contributed by atoms with E-state index in [0.29, 0.717) is 0 Å².